The Morgan fingerprint density at radius 1 is 1.16 bits per heavy atom. The highest BCUT2D eigenvalue weighted by molar-refractivity contribution is 6.01. The van der Waals surface area contributed by atoms with E-state index in [0.29, 0.717) is 30.0 Å². The van der Waals surface area contributed by atoms with Gasteiger partial charge < -0.3 is 19.2 Å². The van der Waals surface area contributed by atoms with Crippen LogP contribution in [0.15, 0.2) is 47.6 Å². The topological polar surface area (TPSA) is 60.4 Å². The van der Waals surface area contributed by atoms with Crippen LogP contribution in [0.3, 0.4) is 0 Å². The summed E-state index contributed by atoms with van der Waals surface area (Å²) in [6.07, 6.45) is 3.13. The monoisotopic (exact) mass is 426 g/mol. The van der Waals surface area contributed by atoms with Crippen molar-refractivity contribution >= 4 is 11.6 Å². The molecule has 2 aliphatic rings. The largest absolute Gasteiger partial charge is 0.493 e. The predicted octanol–water partition coefficient (Wildman–Crippen LogP) is 4.16. The van der Waals surface area contributed by atoms with E-state index in [0.717, 1.165) is 30.5 Å². The van der Waals surface area contributed by atoms with Gasteiger partial charge in [0.15, 0.2) is 17.6 Å². The van der Waals surface area contributed by atoms with Gasteiger partial charge in [0.05, 0.1) is 26.5 Å². The van der Waals surface area contributed by atoms with Crippen molar-refractivity contribution < 1.29 is 23.5 Å². The fraction of sp³-hybridized carbons (Fsp3) is 0.417. The molecule has 0 radical (unpaired) electrons. The fourth-order valence-electron chi connectivity index (χ4n) is 3.94. The van der Waals surface area contributed by atoms with Crippen LogP contribution < -0.4 is 9.47 Å². The molecule has 2 aromatic rings. The summed E-state index contributed by atoms with van der Waals surface area (Å²) in [4.78, 5) is 20.4. The van der Waals surface area contributed by atoms with Crippen LogP contribution in [0.2, 0.25) is 0 Å². The summed E-state index contributed by atoms with van der Waals surface area (Å²) >= 11 is 0. The Kier molecular flexibility index (Phi) is 6.39. The molecule has 1 saturated carbocycles. The second kappa shape index (κ2) is 9.37. The van der Waals surface area contributed by atoms with Crippen LogP contribution in [0.25, 0.3) is 0 Å². The molecule has 1 heterocycles. The van der Waals surface area contributed by atoms with Gasteiger partial charge in [0.25, 0.3) is 0 Å². The molecule has 0 N–H and O–H groups in total. The number of nitrogens with zero attached hydrogens (tertiary/aromatic N) is 2. The molecule has 6 nitrogen and oxygen atoms in total. The zero-order valence-corrected chi connectivity index (χ0v) is 17.8. The van der Waals surface area contributed by atoms with Crippen LogP contribution in [0.1, 0.15) is 36.8 Å². The number of carbonyl (C=O) groups is 1. The van der Waals surface area contributed by atoms with Crippen molar-refractivity contribution in [3.8, 4) is 11.5 Å². The zero-order valence-electron chi connectivity index (χ0n) is 17.8. The third kappa shape index (κ3) is 4.65. The van der Waals surface area contributed by atoms with Crippen molar-refractivity contribution in [1.29, 1.82) is 0 Å². The molecule has 0 saturated heterocycles. The first-order chi connectivity index (χ1) is 15.1. The molecule has 0 bridgehead atoms. The molecule has 1 aliphatic heterocycles. The van der Waals surface area contributed by atoms with Crippen LogP contribution in [-0.4, -0.2) is 43.4 Å². The average Bonchev–Trinajstić information content (AvgIpc) is 3.21. The van der Waals surface area contributed by atoms with Crippen LogP contribution in [0.5, 0.6) is 11.5 Å². The van der Waals surface area contributed by atoms with Crippen LogP contribution in [0, 0.1) is 11.7 Å². The van der Waals surface area contributed by atoms with Crippen molar-refractivity contribution in [2.75, 3.05) is 20.8 Å². The lowest BCUT2D eigenvalue weighted by molar-refractivity contribution is -0.140. The minimum Gasteiger partial charge on any atom is -0.493 e. The molecule has 0 aromatic heterocycles. The van der Waals surface area contributed by atoms with E-state index in [1.54, 1.807) is 37.3 Å². The highest BCUT2D eigenvalue weighted by Gasteiger charge is 2.33. The number of rotatable bonds is 8. The SMILES string of the molecule is COc1ccc(C2=NOC(CN(Cc3ccccc3F)C(=O)C3CCC3)C2)cc1OC. The number of hydrogen-bond donors (Lipinski definition) is 0. The summed E-state index contributed by atoms with van der Waals surface area (Å²) < 4.78 is 24.9. The van der Waals surface area contributed by atoms with E-state index in [9.17, 15) is 9.18 Å². The van der Waals surface area contributed by atoms with Crippen molar-refractivity contribution in [3.63, 3.8) is 0 Å². The van der Waals surface area contributed by atoms with Gasteiger partial charge in [-0.05, 0) is 37.1 Å². The van der Waals surface area contributed by atoms with Gasteiger partial charge >= 0.3 is 0 Å². The van der Waals surface area contributed by atoms with Gasteiger partial charge in [-0.1, -0.05) is 29.8 Å². The first kappa shape index (κ1) is 21.2. The van der Waals surface area contributed by atoms with Gasteiger partial charge in [0.2, 0.25) is 5.91 Å². The maximum Gasteiger partial charge on any atom is 0.226 e. The molecule has 0 spiro atoms. The van der Waals surface area contributed by atoms with Gasteiger partial charge in [0, 0.05) is 30.0 Å². The third-order valence-corrected chi connectivity index (χ3v) is 5.96. The zero-order chi connectivity index (χ0) is 21.8. The molecule has 1 fully saturated rings. The molecule has 164 valence electrons. The van der Waals surface area contributed by atoms with Crippen molar-refractivity contribution in [3.05, 3.63) is 59.4 Å². The molecule has 1 atom stereocenters. The van der Waals surface area contributed by atoms with Gasteiger partial charge in [-0.2, -0.15) is 0 Å². The van der Waals surface area contributed by atoms with Crippen molar-refractivity contribution in [1.82, 2.24) is 4.90 Å². The first-order valence-electron chi connectivity index (χ1n) is 10.6. The van der Waals surface area contributed by atoms with E-state index in [2.05, 4.69) is 5.16 Å². The van der Waals surface area contributed by atoms with E-state index in [1.165, 1.54) is 6.07 Å². The Labute approximate surface area is 181 Å². The minimum atomic E-state index is -0.302. The lowest BCUT2D eigenvalue weighted by Gasteiger charge is -2.32. The number of hydrogen-bond acceptors (Lipinski definition) is 5. The maximum absolute atomic E-state index is 14.2. The molecule has 1 aliphatic carbocycles. The number of carbonyl (C=O) groups excluding carboxylic acids is 1. The molecule has 7 heteroatoms. The lowest BCUT2D eigenvalue weighted by atomic mass is 9.84. The van der Waals surface area contributed by atoms with Crippen LogP contribution in [0.4, 0.5) is 4.39 Å². The first-order valence-corrected chi connectivity index (χ1v) is 10.6. The number of benzene rings is 2. The Morgan fingerprint density at radius 3 is 2.61 bits per heavy atom. The van der Waals surface area contributed by atoms with E-state index in [-0.39, 0.29) is 30.3 Å². The second-order valence-electron chi connectivity index (χ2n) is 7.98. The molecule has 1 amide bonds. The van der Waals surface area contributed by atoms with E-state index in [1.807, 2.05) is 18.2 Å². The third-order valence-electron chi connectivity index (χ3n) is 5.96. The number of halogens is 1. The molecular weight excluding hydrogens is 399 g/mol. The summed E-state index contributed by atoms with van der Waals surface area (Å²) in [5.74, 6) is 1.05. The quantitative estimate of drug-likeness (QED) is 0.636. The van der Waals surface area contributed by atoms with Crippen LogP contribution in [-0.2, 0) is 16.2 Å². The minimum absolute atomic E-state index is 0.0272. The van der Waals surface area contributed by atoms with Gasteiger partial charge in [0.1, 0.15) is 5.82 Å². The fourth-order valence-corrected chi connectivity index (χ4v) is 3.94. The average molecular weight is 426 g/mol. The Bertz CT molecular complexity index is 974. The summed E-state index contributed by atoms with van der Waals surface area (Å²) in [5, 5.41) is 4.24. The lowest BCUT2D eigenvalue weighted by Crippen LogP contribution is -2.42. The molecule has 31 heavy (non-hydrogen) atoms. The van der Waals surface area contributed by atoms with Gasteiger partial charge in [-0.25, -0.2) is 4.39 Å². The smallest absolute Gasteiger partial charge is 0.226 e. The summed E-state index contributed by atoms with van der Waals surface area (Å²) in [6, 6.07) is 12.2. The molecule has 2 aromatic carbocycles. The number of methoxy groups -OCH3 is 2. The summed E-state index contributed by atoms with van der Waals surface area (Å²) in [5.41, 5.74) is 2.17. The molecular formula is C24H27FN2O4. The van der Waals surface area contributed by atoms with E-state index < -0.39 is 0 Å². The van der Waals surface area contributed by atoms with Gasteiger partial charge in [-0.15, -0.1) is 0 Å². The maximum atomic E-state index is 14.2. The van der Waals surface area contributed by atoms with Crippen LogP contribution >= 0.6 is 0 Å². The Hall–Kier alpha value is -3.09. The van der Waals surface area contributed by atoms with E-state index >= 15 is 0 Å². The Balaban J connectivity index is 1.46. The highest BCUT2D eigenvalue weighted by atomic mass is 19.1. The summed E-state index contributed by atoms with van der Waals surface area (Å²) in [7, 11) is 3.18. The Morgan fingerprint density at radius 2 is 1.94 bits per heavy atom. The number of oxime groups is 1. The predicted molar refractivity (Wildman–Crippen MR) is 115 cm³/mol. The van der Waals surface area contributed by atoms with E-state index in [4.69, 9.17) is 14.3 Å². The number of amides is 1. The summed E-state index contributed by atoms with van der Waals surface area (Å²) in [6.45, 7) is 0.595. The van der Waals surface area contributed by atoms with Gasteiger partial charge in [-0.3, -0.25) is 4.79 Å². The molecule has 1 unspecified atom stereocenters. The van der Waals surface area contributed by atoms with Crippen molar-refractivity contribution in [2.24, 2.45) is 11.1 Å². The number of ether oxygens (including phenoxy) is 2. The second-order valence-corrected chi connectivity index (χ2v) is 7.98. The normalized spacial score (nSPS) is 18.0. The van der Waals surface area contributed by atoms with Crippen molar-refractivity contribution in [2.45, 2.75) is 38.3 Å². The standard InChI is InChI=1S/C24H27FN2O4/c1-29-22-11-10-17(12-23(22)30-2)21-13-19(31-26-21)15-27(24(28)16-7-5-8-16)14-18-6-3-4-9-20(18)25/h3-4,6,9-12,16,19H,5,7-8,13-15H2,1-2H3. The highest BCUT2D eigenvalue weighted by Crippen LogP contribution is 2.31. The molecule has 4 rings (SSSR count).